The van der Waals surface area contributed by atoms with Crippen LogP contribution in [0, 0.1) is 0 Å². The highest BCUT2D eigenvalue weighted by molar-refractivity contribution is 9.08. The molecule has 1 fully saturated rings. The van der Waals surface area contributed by atoms with Gasteiger partial charge in [0.15, 0.2) is 5.82 Å². The van der Waals surface area contributed by atoms with E-state index in [-0.39, 0.29) is 0 Å². The molecule has 3 rings (SSSR count). The summed E-state index contributed by atoms with van der Waals surface area (Å²) in [6.45, 7) is 2.17. The molecule has 1 aromatic heterocycles. The molecule has 0 unspecified atom stereocenters. The highest BCUT2D eigenvalue weighted by atomic mass is 79.9. The van der Waals surface area contributed by atoms with Gasteiger partial charge in [0.05, 0.1) is 5.69 Å². The quantitative estimate of drug-likeness (QED) is 0.777. The van der Waals surface area contributed by atoms with Gasteiger partial charge in [0, 0.05) is 28.6 Å². The third-order valence-electron chi connectivity index (χ3n) is 3.63. The molecule has 0 atom stereocenters. The number of aromatic nitrogens is 2. The number of hydrogen-bond acceptors (Lipinski definition) is 2. The second-order valence-corrected chi connectivity index (χ2v) is 5.62. The molecule has 98 valence electrons. The van der Waals surface area contributed by atoms with Crippen LogP contribution >= 0.6 is 15.9 Å². The van der Waals surface area contributed by atoms with Gasteiger partial charge in [-0.1, -0.05) is 47.1 Å². The summed E-state index contributed by atoms with van der Waals surface area (Å²) in [5.74, 6) is 1.51. The fourth-order valence-electron chi connectivity index (χ4n) is 2.26. The molecule has 0 N–H and O–H groups in total. The maximum absolute atomic E-state index is 4.79. The molecule has 2 nitrogen and oxygen atoms in total. The first-order valence-electron chi connectivity index (χ1n) is 6.83. The summed E-state index contributed by atoms with van der Waals surface area (Å²) in [7, 11) is 0. The normalized spacial score (nSPS) is 14.6. The lowest BCUT2D eigenvalue weighted by Crippen LogP contribution is -1.99. The van der Waals surface area contributed by atoms with E-state index in [2.05, 4.69) is 52.1 Å². The first-order chi connectivity index (χ1) is 9.31. The Morgan fingerprint density at radius 3 is 2.53 bits per heavy atom. The number of alkyl halides is 1. The van der Waals surface area contributed by atoms with E-state index < -0.39 is 0 Å². The lowest BCUT2D eigenvalue weighted by atomic mass is 10.1. The van der Waals surface area contributed by atoms with Crippen molar-refractivity contribution < 1.29 is 0 Å². The topological polar surface area (TPSA) is 25.8 Å². The molecule has 1 aliphatic carbocycles. The van der Waals surface area contributed by atoms with E-state index in [1.807, 2.05) is 6.20 Å². The van der Waals surface area contributed by atoms with E-state index in [1.54, 1.807) is 0 Å². The maximum Gasteiger partial charge on any atom is 0.159 e. The molecule has 1 aliphatic rings. The number of aryl methyl sites for hydroxylation is 1. The Kier molecular flexibility index (Phi) is 3.65. The van der Waals surface area contributed by atoms with E-state index in [9.17, 15) is 0 Å². The summed E-state index contributed by atoms with van der Waals surface area (Å²) in [5, 5.41) is 0.841. The second-order valence-electron chi connectivity index (χ2n) is 5.06. The zero-order valence-corrected chi connectivity index (χ0v) is 12.7. The lowest BCUT2D eigenvalue weighted by Gasteiger charge is -2.08. The first-order valence-corrected chi connectivity index (χ1v) is 7.95. The molecule has 0 radical (unpaired) electrons. The van der Waals surface area contributed by atoms with Gasteiger partial charge in [-0.2, -0.15) is 0 Å². The maximum atomic E-state index is 4.79. The fourth-order valence-corrected chi connectivity index (χ4v) is 2.69. The molecule has 2 aromatic rings. The van der Waals surface area contributed by atoms with Crippen LogP contribution in [0.1, 0.15) is 42.5 Å². The Labute approximate surface area is 122 Å². The molecule has 1 aromatic carbocycles. The number of benzene rings is 1. The van der Waals surface area contributed by atoms with Crippen LogP contribution in [-0.2, 0) is 11.8 Å². The van der Waals surface area contributed by atoms with Crippen molar-refractivity contribution in [2.24, 2.45) is 0 Å². The molecule has 0 aliphatic heterocycles. The van der Waals surface area contributed by atoms with E-state index >= 15 is 0 Å². The van der Waals surface area contributed by atoms with Gasteiger partial charge in [-0.25, -0.2) is 9.97 Å². The van der Waals surface area contributed by atoms with Crippen molar-refractivity contribution in [1.82, 2.24) is 9.97 Å². The average Bonchev–Trinajstić information content (AvgIpc) is 3.31. The second kappa shape index (κ2) is 5.41. The van der Waals surface area contributed by atoms with Gasteiger partial charge in [-0.15, -0.1) is 0 Å². The van der Waals surface area contributed by atoms with Crippen molar-refractivity contribution >= 4 is 15.9 Å². The van der Waals surface area contributed by atoms with Crippen LogP contribution in [0.3, 0.4) is 0 Å². The third kappa shape index (κ3) is 2.71. The van der Waals surface area contributed by atoms with Crippen LogP contribution in [0.2, 0.25) is 0 Å². The Morgan fingerprint density at radius 1 is 1.21 bits per heavy atom. The van der Waals surface area contributed by atoms with Crippen molar-refractivity contribution in [3.8, 4) is 11.4 Å². The Bertz CT molecular complexity index is 574. The molecular formula is C16H17BrN2. The monoisotopic (exact) mass is 316 g/mol. The van der Waals surface area contributed by atoms with Crippen LogP contribution in [-0.4, -0.2) is 9.97 Å². The standard InChI is InChI=1S/C16H17BrN2/c1-2-11-3-5-13(6-4-11)16-18-10-14(9-17)15(19-16)12-7-8-12/h3-6,10,12H,2,7-9H2,1H3. The molecule has 0 bridgehead atoms. The molecule has 3 heteroatoms. The molecular weight excluding hydrogens is 300 g/mol. The minimum atomic E-state index is 0.657. The highest BCUT2D eigenvalue weighted by Crippen LogP contribution is 2.41. The summed E-state index contributed by atoms with van der Waals surface area (Å²) in [6, 6.07) is 8.57. The van der Waals surface area contributed by atoms with Crippen LogP contribution in [0.25, 0.3) is 11.4 Å². The van der Waals surface area contributed by atoms with Gasteiger partial charge < -0.3 is 0 Å². The predicted molar refractivity (Wildman–Crippen MR) is 81.5 cm³/mol. The molecule has 0 saturated heterocycles. The van der Waals surface area contributed by atoms with Gasteiger partial charge in [0.25, 0.3) is 0 Å². The molecule has 19 heavy (non-hydrogen) atoms. The van der Waals surface area contributed by atoms with Crippen molar-refractivity contribution in [2.45, 2.75) is 37.4 Å². The summed E-state index contributed by atoms with van der Waals surface area (Å²) in [4.78, 5) is 9.30. The highest BCUT2D eigenvalue weighted by Gasteiger charge is 2.28. The van der Waals surface area contributed by atoms with Crippen LogP contribution in [0.5, 0.6) is 0 Å². The van der Waals surface area contributed by atoms with E-state index in [0.29, 0.717) is 5.92 Å². The number of hydrogen-bond donors (Lipinski definition) is 0. The summed E-state index contributed by atoms with van der Waals surface area (Å²) >= 11 is 3.52. The van der Waals surface area contributed by atoms with Crippen molar-refractivity contribution in [3.05, 3.63) is 47.3 Å². The fraction of sp³-hybridized carbons (Fsp3) is 0.375. The first kappa shape index (κ1) is 12.8. The molecule has 1 heterocycles. The number of rotatable bonds is 4. The van der Waals surface area contributed by atoms with Gasteiger partial charge in [0.2, 0.25) is 0 Å². The third-order valence-corrected chi connectivity index (χ3v) is 4.23. The van der Waals surface area contributed by atoms with Gasteiger partial charge in [-0.05, 0) is 24.8 Å². The average molecular weight is 317 g/mol. The van der Waals surface area contributed by atoms with Gasteiger partial charge in [0.1, 0.15) is 0 Å². The summed E-state index contributed by atoms with van der Waals surface area (Å²) in [5.41, 5.74) is 4.93. The zero-order chi connectivity index (χ0) is 13.2. The van der Waals surface area contributed by atoms with Crippen molar-refractivity contribution in [2.75, 3.05) is 0 Å². The Hall–Kier alpha value is -1.22. The summed E-state index contributed by atoms with van der Waals surface area (Å²) < 4.78 is 0. The summed E-state index contributed by atoms with van der Waals surface area (Å²) in [6.07, 6.45) is 5.58. The van der Waals surface area contributed by atoms with Crippen LogP contribution in [0.15, 0.2) is 30.5 Å². The Balaban J connectivity index is 1.97. The number of halogens is 1. The molecule has 0 spiro atoms. The van der Waals surface area contributed by atoms with Crippen molar-refractivity contribution in [1.29, 1.82) is 0 Å². The lowest BCUT2D eigenvalue weighted by molar-refractivity contribution is 0.962. The molecule has 0 amide bonds. The Morgan fingerprint density at radius 2 is 1.95 bits per heavy atom. The molecule has 1 saturated carbocycles. The SMILES string of the molecule is CCc1ccc(-c2ncc(CBr)c(C3CC3)n2)cc1. The predicted octanol–water partition coefficient (Wildman–Crippen LogP) is 4.48. The smallest absolute Gasteiger partial charge is 0.159 e. The largest absolute Gasteiger partial charge is 0.236 e. The number of nitrogens with zero attached hydrogens (tertiary/aromatic N) is 2. The van der Waals surface area contributed by atoms with E-state index in [0.717, 1.165) is 23.1 Å². The minimum Gasteiger partial charge on any atom is -0.236 e. The van der Waals surface area contributed by atoms with Crippen LogP contribution < -0.4 is 0 Å². The van der Waals surface area contributed by atoms with Crippen molar-refractivity contribution in [3.63, 3.8) is 0 Å². The van der Waals surface area contributed by atoms with Gasteiger partial charge >= 0.3 is 0 Å². The zero-order valence-electron chi connectivity index (χ0n) is 11.1. The van der Waals surface area contributed by atoms with E-state index in [1.165, 1.54) is 29.7 Å². The minimum absolute atomic E-state index is 0.657. The van der Waals surface area contributed by atoms with Gasteiger partial charge in [-0.3, -0.25) is 0 Å². The van der Waals surface area contributed by atoms with E-state index in [4.69, 9.17) is 4.98 Å². The van der Waals surface area contributed by atoms with Crippen LogP contribution in [0.4, 0.5) is 0 Å².